The molecular formula is C27H41F3N6O3. The van der Waals surface area contributed by atoms with Gasteiger partial charge in [0.25, 0.3) is 0 Å². The first kappa shape index (κ1) is 32.1. The highest BCUT2D eigenvalue weighted by molar-refractivity contribution is 5.92. The Bertz CT molecular complexity index is 1030. The summed E-state index contributed by atoms with van der Waals surface area (Å²) >= 11 is 0. The molecule has 0 aromatic carbocycles. The lowest BCUT2D eigenvalue weighted by Crippen LogP contribution is -2.59. The largest absolute Gasteiger partial charge is 0.471 e. The number of allylic oxidation sites excluding steroid dienone is 5. The molecule has 0 aromatic heterocycles. The topological polar surface area (TPSA) is 118 Å². The monoisotopic (exact) mass is 554 g/mol. The number of likely N-dealkylation sites (N-methyl/N-ethyl adjacent to an activating group) is 1. The summed E-state index contributed by atoms with van der Waals surface area (Å²) in [6.45, 7) is 8.33. The van der Waals surface area contributed by atoms with Crippen LogP contribution in [0, 0.1) is 10.8 Å². The van der Waals surface area contributed by atoms with E-state index in [2.05, 4.69) is 16.0 Å². The van der Waals surface area contributed by atoms with Crippen molar-refractivity contribution in [3.05, 3.63) is 35.8 Å². The van der Waals surface area contributed by atoms with Crippen molar-refractivity contribution in [1.82, 2.24) is 25.8 Å². The second-order valence-corrected chi connectivity index (χ2v) is 11.1. The molecular weight excluding hydrogens is 513 g/mol. The maximum atomic E-state index is 13.8. The molecule has 3 amide bonds. The van der Waals surface area contributed by atoms with Gasteiger partial charge < -0.3 is 26.3 Å². The molecule has 12 heteroatoms. The summed E-state index contributed by atoms with van der Waals surface area (Å²) in [7, 11) is 1.62. The van der Waals surface area contributed by atoms with E-state index in [1.165, 1.54) is 17.9 Å². The molecule has 39 heavy (non-hydrogen) atoms. The van der Waals surface area contributed by atoms with Gasteiger partial charge in [0, 0.05) is 30.5 Å². The normalized spacial score (nSPS) is 19.7. The van der Waals surface area contributed by atoms with Gasteiger partial charge in [-0.15, -0.1) is 0 Å². The van der Waals surface area contributed by atoms with Crippen LogP contribution >= 0.6 is 0 Å². The average Bonchev–Trinajstić information content (AvgIpc) is 3.31. The van der Waals surface area contributed by atoms with Gasteiger partial charge in [0.05, 0.1) is 6.04 Å². The smallest absolute Gasteiger partial charge is 0.345 e. The van der Waals surface area contributed by atoms with Gasteiger partial charge in [-0.3, -0.25) is 19.3 Å². The predicted molar refractivity (Wildman–Crippen MR) is 143 cm³/mol. The summed E-state index contributed by atoms with van der Waals surface area (Å²) in [5.74, 6) is -3.05. The van der Waals surface area contributed by atoms with Crippen LogP contribution in [0.3, 0.4) is 0 Å². The number of halogens is 3. The zero-order valence-electron chi connectivity index (χ0n) is 23.5. The zero-order chi connectivity index (χ0) is 29.5. The molecule has 0 saturated carbocycles. The number of carbonyl (C=O) groups is 3. The van der Waals surface area contributed by atoms with Crippen molar-refractivity contribution in [2.75, 3.05) is 20.1 Å². The molecule has 2 aliphatic rings. The molecule has 0 aromatic rings. The summed E-state index contributed by atoms with van der Waals surface area (Å²) in [5.41, 5.74) is -0.115. The van der Waals surface area contributed by atoms with Gasteiger partial charge in [0.2, 0.25) is 11.8 Å². The first-order valence-electron chi connectivity index (χ1n) is 13.1. The van der Waals surface area contributed by atoms with Crippen LogP contribution in [0.2, 0.25) is 0 Å². The first-order chi connectivity index (χ1) is 18.1. The highest BCUT2D eigenvalue weighted by Gasteiger charge is 2.46. The van der Waals surface area contributed by atoms with Crippen LogP contribution in [0.4, 0.5) is 13.2 Å². The van der Waals surface area contributed by atoms with E-state index in [-0.39, 0.29) is 24.0 Å². The van der Waals surface area contributed by atoms with Gasteiger partial charge in [-0.25, -0.2) is 0 Å². The van der Waals surface area contributed by atoms with Gasteiger partial charge in [-0.1, -0.05) is 32.9 Å². The number of hydrogen-bond donors (Lipinski definition) is 4. The fourth-order valence-corrected chi connectivity index (χ4v) is 4.44. The highest BCUT2D eigenvalue weighted by atomic mass is 19.4. The minimum Gasteiger partial charge on any atom is -0.345 e. The van der Waals surface area contributed by atoms with Crippen LogP contribution in [0.1, 0.15) is 60.3 Å². The van der Waals surface area contributed by atoms with E-state index in [0.717, 1.165) is 0 Å². The zero-order valence-corrected chi connectivity index (χ0v) is 23.5. The molecule has 0 spiro atoms. The fourth-order valence-electron chi connectivity index (χ4n) is 4.44. The van der Waals surface area contributed by atoms with E-state index in [4.69, 9.17) is 5.41 Å². The Labute approximate surface area is 228 Å². The van der Waals surface area contributed by atoms with Gasteiger partial charge >= 0.3 is 12.1 Å². The lowest BCUT2D eigenvalue weighted by Gasteiger charge is -2.38. The minimum atomic E-state index is -5.17. The molecule has 1 aliphatic heterocycles. The Morgan fingerprint density at radius 3 is 2.44 bits per heavy atom. The minimum absolute atomic E-state index is 0.0436. The molecule has 1 saturated heterocycles. The third-order valence-electron chi connectivity index (χ3n) is 6.71. The number of nitrogens with one attached hydrogen (secondary N) is 4. The van der Waals surface area contributed by atoms with Crippen LogP contribution < -0.4 is 16.0 Å². The summed E-state index contributed by atoms with van der Waals surface area (Å²) in [5, 5.41) is 16.4. The molecule has 0 unspecified atom stereocenters. The number of hydrogen-bond acceptors (Lipinski definition) is 6. The maximum absolute atomic E-state index is 13.8. The Balaban J connectivity index is 2.42. The van der Waals surface area contributed by atoms with E-state index >= 15 is 0 Å². The molecule has 1 aliphatic carbocycles. The average molecular weight is 555 g/mol. The number of likely N-dealkylation sites (tertiary alicyclic amines) is 1. The van der Waals surface area contributed by atoms with Gasteiger partial charge in [-0.05, 0) is 64.1 Å². The third-order valence-corrected chi connectivity index (χ3v) is 6.71. The van der Waals surface area contributed by atoms with Crippen LogP contribution in [0.25, 0.3) is 0 Å². The SMILES string of the molecule is CN[C@@H](C)C(=O)N[C@H](C(=O)N1CCC[C@H]1CN(C(=O)C(F)(F)F)/C(=C/C(C)=N)NC1=CC=CCC1)C(C)(C)C. The number of alkyl halides is 3. The highest BCUT2D eigenvalue weighted by Crippen LogP contribution is 2.29. The van der Waals surface area contributed by atoms with Crippen molar-refractivity contribution in [2.24, 2.45) is 5.41 Å². The van der Waals surface area contributed by atoms with Crippen LogP contribution in [0.15, 0.2) is 35.8 Å². The van der Waals surface area contributed by atoms with Crippen molar-refractivity contribution >= 4 is 23.4 Å². The molecule has 0 radical (unpaired) electrons. The van der Waals surface area contributed by atoms with Crippen molar-refractivity contribution < 1.29 is 27.6 Å². The second kappa shape index (κ2) is 13.3. The standard InChI is InChI=1S/C27H41F3N6O3/c1-17(31)15-21(33-19-11-8-7-9-12-19)36(25(39)27(28,29)30)16-20-13-10-14-35(20)24(38)22(26(3,4)5)34-23(37)18(2)32-6/h7-8,11,15,18,20,22,31-33H,9-10,12-14,16H2,1-6H3,(H,34,37)/b21-15+,31-17?/t18-,20-,22+/m0/s1. The summed E-state index contributed by atoms with van der Waals surface area (Å²) in [6.07, 6.45) is 3.54. The van der Waals surface area contributed by atoms with E-state index in [9.17, 15) is 27.6 Å². The van der Waals surface area contributed by atoms with E-state index in [1.807, 2.05) is 6.08 Å². The van der Waals surface area contributed by atoms with Crippen molar-refractivity contribution in [2.45, 2.75) is 84.6 Å². The second-order valence-electron chi connectivity index (χ2n) is 11.1. The lowest BCUT2D eigenvalue weighted by molar-refractivity contribution is -0.184. The Morgan fingerprint density at radius 2 is 1.92 bits per heavy atom. The van der Waals surface area contributed by atoms with Crippen molar-refractivity contribution in [1.29, 1.82) is 5.41 Å². The maximum Gasteiger partial charge on any atom is 0.471 e. The Hall–Kier alpha value is -3.15. The Kier molecular flexibility index (Phi) is 10.9. The number of nitrogens with zero attached hydrogens (tertiary/aromatic N) is 2. The number of rotatable bonds is 10. The van der Waals surface area contributed by atoms with Crippen LogP contribution in [-0.2, 0) is 14.4 Å². The van der Waals surface area contributed by atoms with E-state index in [0.29, 0.717) is 36.3 Å². The third kappa shape index (κ3) is 8.94. The van der Waals surface area contributed by atoms with Gasteiger partial charge in [0.1, 0.15) is 11.9 Å². The van der Waals surface area contributed by atoms with Gasteiger partial charge in [0.15, 0.2) is 0 Å². The summed E-state index contributed by atoms with van der Waals surface area (Å²) in [4.78, 5) is 41.1. The Morgan fingerprint density at radius 1 is 1.26 bits per heavy atom. The first-order valence-corrected chi connectivity index (χ1v) is 13.1. The number of carbonyl (C=O) groups excluding carboxylic acids is 3. The lowest BCUT2D eigenvalue weighted by atomic mass is 9.85. The van der Waals surface area contributed by atoms with Crippen molar-refractivity contribution in [3.63, 3.8) is 0 Å². The summed E-state index contributed by atoms with van der Waals surface area (Å²) < 4.78 is 41.3. The van der Waals surface area contributed by atoms with E-state index in [1.54, 1.807) is 46.9 Å². The molecule has 4 N–H and O–H groups in total. The molecule has 9 nitrogen and oxygen atoms in total. The van der Waals surface area contributed by atoms with Gasteiger partial charge in [-0.2, -0.15) is 13.2 Å². The van der Waals surface area contributed by atoms with Crippen LogP contribution in [-0.4, -0.2) is 77.7 Å². The summed E-state index contributed by atoms with van der Waals surface area (Å²) in [6, 6.07) is -2.20. The molecule has 3 atom stereocenters. The number of amides is 3. The predicted octanol–water partition coefficient (Wildman–Crippen LogP) is 3.21. The molecule has 0 bridgehead atoms. The fraction of sp³-hybridized carbons (Fsp3) is 0.630. The van der Waals surface area contributed by atoms with Crippen LogP contribution in [0.5, 0.6) is 0 Å². The van der Waals surface area contributed by atoms with Crippen molar-refractivity contribution in [3.8, 4) is 0 Å². The molecule has 218 valence electrons. The quantitative estimate of drug-likeness (QED) is 0.310. The molecule has 2 rings (SSSR count). The molecule has 1 fully saturated rings. The molecule has 1 heterocycles. The van der Waals surface area contributed by atoms with E-state index < -0.39 is 48.1 Å².